The lowest BCUT2D eigenvalue weighted by atomic mass is 10.1. The molecule has 1 N–H and O–H groups in total. The maximum atomic E-state index is 12.1. The molecule has 8 nitrogen and oxygen atoms in total. The van der Waals surface area contributed by atoms with Crippen LogP contribution in [0.5, 0.6) is 11.5 Å². The zero-order valence-corrected chi connectivity index (χ0v) is 16.0. The van der Waals surface area contributed by atoms with E-state index in [2.05, 4.69) is 5.32 Å². The van der Waals surface area contributed by atoms with E-state index in [4.69, 9.17) is 9.47 Å². The molecule has 144 valence electrons. The Bertz CT molecular complexity index is 777. The molecule has 0 aliphatic carbocycles. The lowest BCUT2D eigenvalue weighted by Gasteiger charge is -2.31. The van der Waals surface area contributed by atoms with E-state index in [0.29, 0.717) is 36.4 Å². The predicted molar refractivity (Wildman–Crippen MR) is 96.1 cm³/mol. The molecule has 0 aromatic heterocycles. The number of nitrogens with zero attached hydrogens (tertiary/aromatic N) is 1. The van der Waals surface area contributed by atoms with Crippen molar-refractivity contribution in [3.63, 3.8) is 0 Å². The molecule has 1 aromatic carbocycles. The molecule has 1 heterocycles. The Morgan fingerprint density at radius 1 is 1.31 bits per heavy atom. The normalized spacial score (nSPS) is 18.2. The molecule has 1 aliphatic heterocycles. The van der Waals surface area contributed by atoms with E-state index in [1.807, 2.05) is 0 Å². The first-order valence-corrected chi connectivity index (χ1v) is 10.1. The van der Waals surface area contributed by atoms with Gasteiger partial charge in [-0.1, -0.05) is 0 Å². The molecule has 1 unspecified atom stereocenters. The van der Waals surface area contributed by atoms with Crippen molar-refractivity contribution in [2.24, 2.45) is 0 Å². The summed E-state index contributed by atoms with van der Waals surface area (Å²) in [7, 11) is -1.81. The number of methoxy groups -OCH3 is 1. The average Bonchev–Trinajstić information content (AvgIpc) is 2.59. The van der Waals surface area contributed by atoms with Crippen LogP contribution in [-0.4, -0.2) is 63.5 Å². The largest absolute Gasteiger partial charge is 0.493 e. The highest BCUT2D eigenvalue weighted by Crippen LogP contribution is 2.28. The molecular weight excluding hydrogens is 360 g/mol. The van der Waals surface area contributed by atoms with E-state index >= 15 is 0 Å². The van der Waals surface area contributed by atoms with E-state index in [-0.39, 0.29) is 30.9 Å². The molecule has 0 bridgehead atoms. The molecule has 2 rings (SSSR count). The van der Waals surface area contributed by atoms with Crippen molar-refractivity contribution in [1.29, 1.82) is 0 Å². The molecule has 1 aromatic rings. The van der Waals surface area contributed by atoms with Crippen LogP contribution in [0.4, 0.5) is 0 Å². The predicted octanol–water partition coefficient (Wildman–Crippen LogP) is 0.817. The van der Waals surface area contributed by atoms with Crippen LogP contribution in [0.1, 0.15) is 30.1 Å². The van der Waals surface area contributed by atoms with Gasteiger partial charge < -0.3 is 14.8 Å². The first kappa shape index (κ1) is 20.2. The monoisotopic (exact) mass is 384 g/mol. The number of rotatable bonds is 7. The van der Waals surface area contributed by atoms with Gasteiger partial charge in [-0.05, 0) is 38.0 Å². The fourth-order valence-electron chi connectivity index (χ4n) is 2.78. The highest BCUT2D eigenvalue weighted by atomic mass is 32.2. The molecule has 1 amide bonds. The minimum Gasteiger partial charge on any atom is -0.493 e. The van der Waals surface area contributed by atoms with Gasteiger partial charge in [-0.2, -0.15) is 0 Å². The van der Waals surface area contributed by atoms with Gasteiger partial charge in [0.25, 0.3) is 5.91 Å². The van der Waals surface area contributed by atoms with Gasteiger partial charge in [0.15, 0.2) is 23.9 Å². The van der Waals surface area contributed by atoms with Crippen LogP contribution < -0.4 is 14.8 Å². The first-order chi connectivity index (χ1) is 12.2. The topological polar surface area (TPSA) is 102 Å². The number of nitrogens with one attached hydrogen (secondary N) is 1. The summed E-state index contributed by atoms with van der Waals surface area (Å²) in [6.45, 7) is 1.96. The second-order valence-electron chi connectivity index (χ2n) is 6.24. The van der Waals surface area contributed by atoms with Gasteiger partial charge in [-0.3, -0.25) is 9.59 Å². The van der Waals surface area contributed by atoms with E-state index < -0.39 is 10.0 Å². The van der Waals surface area contributed by atoms with Crippen LogP contribution in [0.2, 0.25) is 0 Å². The maximum Gasteiger partial charge on any atom is 0.258 e. The Morgan fingerprint density at radius 2 is 2.04 bits per heavy atom. The molecule has 1 fully saturated rings. The lowest BCUT2D eigenvalue weighted by molar-refractivity contribution is -0.124. The molecule has 26 heavy (non-hydrogen) atoms. The summed E-state index contributed by atoms with van der Waals surface area (Å²) in [6, 6.07) is 4.50. The van der Waals surface area contributed by atoms with E-state index in [0.717, 1.165) is 6.26 Å². The smallest absolute Gasteiger partial charge is 0.258 e. The number of carbonyl (C=O) groups is 2. The van der Waals surface area contributed by atoms with Gasteiger partial charge in [0, 0.05) is 24.7 Å². The van der Waals surface area contributed by atoms with Crippen molar-refractivity contribution < 1.29 is 27.5 Å². The minimum absolute atomic E-state index is 0.0969. The standard InChI is InChI=1S/C17H24N2O6S/c1-12(20)13-6-7-15(16(9-13)24-2)25-11-17(21)18-14-5-4-8-19(10-14)26(3,22)23/h6-7,9,14H,4-5,8,10-11H2,1-3H3,(H,18,21). The number of ketones is 1. The molecule has 0 radical (unpaired) electrons. The summed E-state index contributed by atoms with van der Waals surface area (Å²) >= 11 is 0. The van der Waals surface area contributed by atoms with Gasteiger partial charge in [0.2, 0.25) is 10.0 Å². The lowest BCUT2D eigenvalue weighted by Crippen LogP contribution is -2.50. The van der Waals surface area contributed by atoms with Crippen LogP contribution in [0, 0.1) is 0 Å². The van der Waals surface area contributed by atoms with Gasteiger partial charge >= 0.3 is 0 Å². The maximum absolute atomic E-state index is 12.1. The van der Waals surface area contributed by atoms with Gasteiger partial charge in [-0.25, -0.2) is 12.7 Å². The van der Waals surface area contributed by atoms with E-state index in [1.54, 1.807) is 18.2 Å². The number of piperidine rings is 1. The fraction of sp³-hybridized carbons (Fsp3) is 0.529. The summed E-state index contributed by atoms with van der Waals surface area (Å²) in [5.74, 6) is 0.281. The molecule has 9 heteroatoms. The van der Waals surface area contributed by atoms with Crippen molar-refractivity contribution in [1.82, 2.24) is 9.62 Å². The zero-order chi connectivity index (χ0) is 19.3. The first-order valence-electron chi connectivity index (χ1n) is 8.27. The minimum atomic E-state index is -3.26. The second kappa shape index (κ2) is 8.50. The number of ether oxygens (including phenoxy) is 2. The number of hydrogen-bond acceptors (Lipinski definition) is 6. The van der Waals surface area contributed by atoms with E-state index in [9.17, 15) is 18.0 Å². The Kier molecular flexibility index (Phi) is 6.60. The SMILES string of the molecule is COc1cc(C(C)=O)ccc1OCC(=O)NC1CCCN(S(C)(=O)=O)C1. The van der Waals surface area contributed by atoms with Crippen LogP contribution in [0.15, 0.2) is 18.2 Å². The fourth-order valence-corrected chi connectivity index (χ4v) is 3.69. The number of hydrogen-bond donors (Lipinski definition) is 1. The van der Waals surface area contributed by atoms with Crippen LogP contribution >= 0.6 is 0 Å². The summed E-state index contributed by atoms with van der Waals surface area (Å²) < 4.78 is 35.3. The molecule has 1 saturated heterocycles. The van der Waals surface area contributed by atoms with Crippen LogP contribution in [-0.2, 0) is 14.8 Å². The average molecular weight is 384 g/mol. The van der Waals surface area contributed by atoms with Crippen molar-refractivity contribution in [3.8, 4) is 11.5 Å². The Hall–Kier alpha value is -2.13. The number of carbonyl (C=O) groups excluding carboxylic acids is 2. The Labute approximate surface area is 153 Å². The highest BCUT2D eigenvalue weighted by molar-refractivity contribution is 7.88. The van der Waals surface area contributed by atoms with Crippen molar-refractivity contribution in [2.45, 2.75) is 25.8 Å². The summed E-state index contributed by atoms with van der Waals surface area (Å²) in [4.78, 5) is 23.5. The summed E-state index contributed by atoms with van der Waals surface area (Å²) in [5, 5.41) is 2.79. The van der Waals surface area contributed by atoms with Crippen molar-refractivity contribution in [3.05, 3.63) is 23.8 Å². The number of sulfonamides is 1. The molecule has 0 saturated carbocycles. The van der Waals surface area contributed by atoms with Gasteiger partial charge in [0.1, 0.15) is 0 Å². The van der Waals surface area contributed by atoms with Gasteiger partial charge in [0.05, 0.1) is 13.4 Å². The molecule has 1 aliphatic rings. The zero-order valence-electron chi connectivity index (χ0n) is 15.1. The molecular formula is C17H24N2O6S. The summed E-state index contributed by atoms with van der Waals surface area (Å²) in [6.07, 6.45) is 2.57. The van der Waals surface area contributed by atoms with Crippen molar-refractivity contribution in [2.75, 3.05) is 33.1 Å². The molecule has 1 atom stereocenters. The number of amides is 1. The van der Waals surface area contributed by atoms with Gasteiger partial charge in [-0.15, -0.1) is 0 Å². The number of Topliss-reactive ketones (excluding diaryl/α,β-unsaturated/α-hetero) is 1. The Morgan fingerprint density at radius 3 is 2.65 bits per heavy atom. The second-order valence-corrected chi connectivity index (χ2v) is 8.22. The quantitative estimate of drug-likeness (QED) is 0.698. The van der Waals surface area contributed by atoms with Crippen molar-refractivity contribution >= 4 is 21.7 Å². The third-order valence-corrected chi connectivity index (χ3v) is 5.42. The molecule has 0 spiro atoms. The van der Waals surface area contributed by atoms with Crippen LogP contribution in [0.25, 0.3) is 0 Å². The summed E-state index contributed by atoms with van der Waals surface area (Å²) in [5.41, 5.74) is 0.488. The van der Waals surface area contributed by atoms with Crippen LogP contribution in [0.3, 0.4) is 0 Å². The van der Waals surface area contributed by atoms with E-state index in [1.165, 1.54) is 18.3 Å². The Balaban J connectivity index is 1.92. The highest BCUT2D eigenvalue weighted by Gasteiger charge is 2.26. The third kappa shape index (κ3) is 5.43. The number of benzene rings is 1. The third-order valence-electron chi connectivity index (χ3n) is 4.15.